The first-order valence-corrected chi connectivity index (χ1v) is 7.07. The second-order valence-electron chi connectivity index (χ2n) is 5.13. The van der Waals surface area contributed by atoms with Crippen molar-refractivity contribution in [2.75, 3.05) is 17.2 Å². The predicted molar refractivity (Wildman–Crippen MR) is 84.3 cm³/mol. The Morgan fingerprint density at radius 3 is 2.86 bits per heavy atom. The first kappa shape index (κ1) is 14.1. The molecule has 2 N–H and O–H groups in total. The summed E-state index contributed by atoms with van der Waals surface area (Å²) in [5.74, 6) is 0.240. The van der Waals surface area contributed by atoms with Crippen molar-refractivity contribution in [2.24, 2.45) is 0 Å². The molecule has 0 atom stereocenters. The van der Waals surface area contributed by atoms with Crippen LogP contribution in [0.5, 0.6) is 5.75 Å². The number of hydrogen-bond acceptors (Lipinski definition) is 3. The zero-order chi connectivity index (χ0) is 15.5. The van der Waals surface area contributed by atoms with Crippen LogP contribution in [0.3, 0.4) is 0 Å². The molecular formula is C17H16N2O3. The van der Waals surface area contributed by atoms with Crippen LogP contribution >= 0.6 is 0 Å². The molecule has 0 bridgehead atoms. The highest BCUT2D eigenvalue weighted by molar-refractivity contribution is 6.06. The standard InChI is InChI=1S/C17H16N2O3/c1-11-4-2-3-5-13(11)19-17(21)12-6-7-15-14(10-12)18-16(20)8-9-22-15/h2-7,10H,8-9H2,1H3,(H,18,20)(H,19,21). The molecule has 0 radical (unpaired) electrons. The van der Waals surface area contributed by atoms with Gasteiger partial charge < -0.3 is 15.4 Å². The Balaban J connectivity index is 1.84. The molecule has 1 heterocycles. The molecule has 2 aromatic carbocycles. The quantitative estimate of drug-likeness (QED) is 0.895. The Labute approximate surface area is 128 Å². The van der Waals surface area contributed by atoms with Gasteiger partial charge in [0.15, 0.2) is 0 Å². The summed E-state index contributed by atoms with van der Waals surface area (Å²) in [4.78, 5) is 23.9. The molecule has 0 aromatic heterocycles. The maximum Gasteiger partial charge on any atom is 0.255 e. The van der Waals surface area contributed by atoms with Gasteiger partial charge in [-0.15, -0.1) is 0 Å². The number of fused-ring (bicyclic) bond motifs is 1. The number of rotatable bonds is 2. The Bertz CT molecular complexity index is 740. The summed E-state index contributed by atoms with van der Waals surface area (Å²) in [6.07, 6.45) is 0.305. The number of hydrogen-bond donors (Lipinski definition) is 2. The topological polar surface area (TPSA) is 67.4 Å². The number of nitrogens with one attached hydrogen (secondary N) is 2. The third kappa shape index (κ3) is 2.93. The van der Waals surface area contributed by atoms with Crippen LogP contribution in [0.25, 0.3) is 0 Å². The van der Waals surface area contributed by atoms with Crippen LogP contribution in [0.1, 0.15) is 22.3 Å². The predicted octanol–water partition coefficient (Wildman–Crippen LogP) is 2.97. The number of carbonyl (C=O) groups is 2. The summed E-state index contributed by atoms with van der Waals surface area (Å²) >= 11 is 0. The molecule has 0 saturated carbocycles. The zero-order valence-corrected chi connectivity index (χ0v) is 12.2. The third-order valence-corrected chi connectivity index (χ3v) is 3.50. The zero-order valence-electron chi connectivity index (χ0n) is 12.2. The highest BCUT2D eigenvalue weighted by Gasteiger charge is 2.16. The highest BCUT2D eigenvalue weighted by atomic mass is 16.5. The molecular weight excluding hydrogens is 280 g/mol. The summed E-state index contributed by atoms with van der Waals surface area (Å²) in [6.45, 7) is 2.27. The van der Waals surface area contributed by atoms with E-state index in [9.17, 15) is 9.59 Å². The highest BCUT2D eigenvalue weighted by Crippen LogP contribution is 2.28. The lowest BCUT2D eigenvalue weighted by molar-refractivity contribution is -0.116. The molecule has 5 nitrogen and oxygen atoms in total. The normalized spacial score (nSPS) is 13.4. The van der Waals surface area contributed by atoms with Gasteiger partial charge in [-0.05, 0) is 36.8 Å². The molecule has 2 amide bonds. The Morgan fingerprint density at radius 1 is 1.23 bits per heavy atom. The molecule has 0 fully saturated rings. The summed E-state index contributed by atoms with van der Waals surface area (Å²) < 4.78 is 5.48. The van der Waals surface area contributed by atoms with Crippen LogP contribution in [0.4, 0.5) is 11.4 Å². The molecule has 3 rings (SSSR count). The van der Waals surface area contributed by atoms with Crippen LogP contribution in [-0.2, 0) is 4.79 Å². The van der Waals surface area contributed by atoms with Crippen molar-refractivity contribution in [3.8, 4) is 5.75 Å². The number of carbonyl (C=O) groups excluding carboxylic acids is 2. The van der Waals surface area contributed by atoms with E-state index in [1.807, 2.05) is 31.2 Å². The van der Waals surface area contributed by atoms with E-state index in [1.165, 1.54) is 0 Å². The van der Waals surface area contributed by atoms with Gasteiger partial charge in [0.05, 0.1) is 18.7 Å². The van der Waals surface area contributed by atoms with Crippen molar-refractivity contribution < 1.29 is 14.3 Å². The lowest BCUT2D eigenvalue weighted by atomic mass is 10.1. The second kappa shape index (κ2) is 5.89. The minimum absolute atomic E-state index is 0.116. The smallest absolute Gasteiger partial charge is 0.255 e. The number of amides is 2. The van der Waals surface area contributed by atoms with Gasteiger partial charge in [-0.1, -0.05) is 18.2 Å². The van der Waals surface area contributed by atoms with E-state index in [0.29, 0.717) is 30.0 Å². The molecule has 22 heavy (non-hydrogen) atoms. The van der Waals surface area contributed by atoms with Crippen molar-refractivity contribution in [3.63, 3.8) is 0 Å². The van der Waals surface area contributed by atoms with Gasteiger partial charge in [0, 0.05) is 11.3 Å². The van der Waals surface area contributed by atoms with Gasteiger partial charge in [0.2, 0.25) is 5.91 Å². The first-order chi connectivity index (χ1) is 10.6. The van der Waals surface area contributed by atoms with E-state index in [2.05, 4.69) is 10.6 Å². The van der Waals surface area contributed by atoms with E-state index in [1.54, 1.807) is 18.2 Å². The molecule has 1 aliphatic heterocycles. The summed E-state index contributed by atoms with van der Waals surface area (Å²) in [5.41, 5.74) is 2.75. The molecule has 0 unspecified atom stereocenters. The first-order valence-electron chi connectivity index (χ1n) is 7.07. The van der Waals surface area contributed by atoms with E-state index >= 15 is 0 Å². The SMILES string of the molecule is Cc1ccccc1NC(=O)c1ccc2c(c1)NC(=O)CCO2. The molecule has 0 spiro atoms. The van der Waals surface area contributed by atoms with Crippen molar-refractivity contribution in [1.82, 2.24) is 0 Å². The van der Waals surface area contributed by atoms with Gasteiger partial charge >= 0.3 is 0 Å². The van der Waals surface area contributed by atoms with Crippen molar-refractivity contribution in [2.45, 2.75) is 13.3 Å². The van der Waals surface area contributed by atoms with Crippen LogP contribution in [0, 0.1) is 6.92 Å². The largest absolute Gasteiger partial charge is 0.491 e. The lowest BCUT2D eigenvalue weighted by Crippen LogP contribution is -2.14. The van der Waals surface area contributed by atoms with Crippen LogP contribution in [0.15, 0.2) is 42.5 Å². The minimum Gasteiger partial charge on any atom is -0.491 e. The van der Waals surface area contributed by atoms with E-state index in [-0.39, 0.29) is 11.8 Å². The molecule has 5 heteroatoms. The average Bonchev–Trinajstić information content (AvgIpc) is 2.69. The number of para-hydroxylation sites is 1. The molecule has 112 valence electrons. The van der Waals surface area contributed by atoms with Gasteiger partial charge in [0.1, 0.15) is 5.75 Å². The Morgan fingerprint density at radius 2 is 2.05 bits per heavy atom. The summed E-state index contributed by atoms with van der Waals surface area (Å²) in [5, 5.41) is 5.62. The van der Waals surface area contributed by atoms with Gasteiger partial charge in [-0.3, -0.25) is 9.59 Å². The monoisotopic (exact) mass is 296 g/mol. The van der Waals surface area contributed by atoms with Crippen molar-refractivity contribution in [1.29, 1.82) is 0 Å². The Kier molecular flexibility index (Phi) is 3.78. The maximum atomic E-state index is 12.4. The fourth-order valence-corrected chi connectivity index (χ4v) is 2.27. The number of benzene rings is 2. The van der Waals surface area contributed by atoms with Gasteiger partial charge in [-0.2, -0.15) is 0 Å². The molecule has 0 aliphatic carbocycles. The summed E-state index contributed by atoms with van der Waals surface area (Å²) in [6, 6.07) is 12.6. The average molecular weight is 296 g/mol. The minimum atomic E-state index is -0.226. The van der Waals surface area contributed by atoms with Crippen LogP contribution in [-0.4, -0.2) is 18.4 Å². The molecule has 0 saturated heterocycles. The van der Waals surface area contributed by atoms with Crippen molar-refractivity contribution >= 4 is 23.2 Å². The van der Waals surface area contributed by atoms with Gasteiger partial charge in [0.25, 0.3) is 5.91 Å². The third-order valence-electron chi connectivity index (χ3n) is 3.50. The van der Waals surface area contributed by atoms with Crippen molar-refractivity contribution in [3.05, 3.63) is 53.6 Å². The maximum absolute atomic E-state index is 12.4. The van der Waals surface area contributed by atoms with E-state index in [0.717, 1.165) is 11.3 Å². The molecule has 2 aromatic rings. The second-order valence-corrected chi connectivity index (χ2v) is 5.13. The van der Waals surface area contributed by atoms with Crippen LogP contribution in [0.2, 0.25) is 0 Å². The van der Waals surface area contributed by atoms with E-state index in [4.69, 9.17) is 4.74 Å². The summed E-state index contributed by atoms with van der Waals surface area (Å²) in [7, 11) is 0. The lowest BCUT2D eigenvalue weighted by Gasteiger charge is -2.11. The fourth-order valence-electron chi connectivity index (χ4n) is 2.27. The van der Waals surface area contributed by atoms with E-state index < -0.39 is 0 Å². The fraction of sp³-hybridized carbons (Fsp3) is 0.176. The number of anilines is 2. The molecule has 1 aliphatic rings. The number of aryl methyl sites for hydroxylation is 1. The van der Waals surface area contributed by atoms with Gasteiger partial charge in [-0.25, -0.2) is 0 Å². The Hall–Kier alpha value is -2.82. The van der Waals surface area contributed by atoms with Crippen LogP contribution < -0.4 is 15.4 Å². The number of ether oxygens (including phenoxy) is 1.